The van der Waals surface area contributed by atoms with E-state index in [1.165, 1.54) is 5.56 Å². The molecular formula is C15H21NO3. The minimum atomic E-state index is -0.653. The van der Waals surface area contributed by atoms with Crippen molar-refractivity contribution in [3.63, 3.8) is 0 Å². The van der Waals surface area contributed by atoms with Crippen LogP contribution in [0.4, 0.5) is 0 Å². The largest absolute Gasteiger partial charge is 0.481 e. The molecule has 1 aromatic heterocycles. The van der Waals surface area contributed by atoms with E-state index in [-0.39, 0.29) is 0 Å². The molecule has 0 amide bonds. The van der Waals surface area contributed by atoms with Crippen molar-refractivity contribution in [2.75, 3.05) is 13.1 Å². The molecule has 1 aliphatic heterocycles. The number of piperidine rings is 1. The lowest BCUT2D eigenvalue weighted by Gasteiger charge is -2.41. The van der Waals surface area contributed by atoms with E-state index in [4.69, 9.17) is 4.42 Å². The van der Waals surface area contributed by atoms with Gasteiger partial charge in [0.1, 0.15) is 5.76 Å². The number of fused-ring (bicyclic) bond motifs is 1. The summed E-state index contributed by atoms with van der Waals surface area (Å²) in [5.41, 5.74) is 0.787. The van der Waals surface area contributed by atoms with Gasteiger partial charge < -0.3 is 9.52 Å². The molecule has 4 heteroatoms. The molecule has 1 saturated heterocycles. The number of aliphatic carboxylic acids is 1. The average Bonchev–Trinajstić information content (AvgIpc) is 2.87. The van der Waals surface area contributed by atoms with Crippen LogP contribution in [0.25, 0.3) is 0 Å². The van der Waals surface area contributed by atoms with Crippen LogP contribution in [-0.2, 0) is 11.2 Å². The number of hydrogen-bond donors (Lipinski definition) is 1. The second-order valence-electron chi connectivity index (χ2n) is 6.11. The maximum Gasteiger partial charge on any atom is 0.309 e. The third-order valence-electron chi connectivity index (χ3n) is 4.88. The molecule has 1 aromatic rings. The fraction of sp³-hybridized carbons (Fsp3) is 0.667. The lowest BCUT2D eigenvalue weighted by atomic mass is 9.79. The molecule has 1 aliphatic carbocycles. The molecule has 3 rings (SSSR count). The molecule has 1 N–H and O–H groups in total. The summed E-state index contributed by atoms with van der Waals surface area (Å²) in [5.74, 6) is 0.475. The molecular weight excluding hydrogens is 242 g/mol. The van der Waals surface area contributed by atoms with Crippen LogP contribution in [0.5, 0.6) is 0 Å². The summed E-state index contributed by atoms with van der Waals surface area (Å²) in [4.78, 5) is 13.7. The van der Waals surface area contributed by atoms with Crippen LogP contribution in [0, 0.1) is 5.41 Å². The monoisotopic (exact) mass is 263 g/mol. The standard InChI is InChI=1S/C15H21NO3/c1-15(14(17)18)6-8-16(9-7-15)12-3-2-4-13-11(12)5-10-19-13/h5,10,12H,2-4,6-9H2,1H3,(H,17,18). The molecule has 4 nitrogen and oxygen atoms in total. The average molecular weight is 263 g/mol. The van der Waals surface area contributed by atoms with Gasteiger partial charge in [0.2, 0.25) is 0 Å². The zero-order valence-corrected chi connectivity index (χ0v) is 11.4. The third-order valence-corrected chi connectivity index (χ3v) is 4.88. The zero-order valence-electron chi connectivity index (χ0n) is 11.4. The molecule has 1 unspecified atom stereocenters. The van der Waals surface area contributed by atoms with E-state index in [1.54, 1.807) is 6.26 Å². The maximum absolute atomic E-state index is 11.3. The third kappa shape index (κ3) is 2.18. The minimum absolute atomic E-state index is 0.431. The van der Waals surface area contributed by atoms with Gasteiger partial charge in [0, 0.05) is 18.0 Å². The maximum atomic E-state index is 11.3. The first-order chi connectivity index (χ1) is 9.10. The van der Waals surface area contributed by atoms with E-state index in [1.807, 2.05) is 6.92 Å². The van der Waals surface area contributed by atoms with Gasteiger partial charge >= 0.3 is 5.97 Å². The normalized spacial score (nSPS) is 26.9. The predicted molar refractivity (Wildman–Crippen MR) is 70.9 cm³/mol. The Morgan fingerprint density at radius 1 is 1.47 bits per heavy atom. The number of nitrogens with zero attached hydrogens (tertiary/aromatic N) is 1. The first-order valence-electron chi connectivity index (χ1n) is 7.14. The minimum Gasteiger partial charge on any atom is -0.481 e. The number of carboxylic acid groups (broad SMARTS) is 1. The van der Waals surface area contributed by atoms with Crippen molar-refractivity contribution < 1.29 is 14.3 Å². The second-order valence-corrected chi connectivity index (χ2v) is 6.11. The molecule has 0 spiro atoms. The number of rotatable bonds is 2. The molecule has 0 saturated carbocycles. The summed E-state index contributed by atoms with van der Waals surface area (Å²) in [5, 5.41) is 9.29. The van der Waals surface area contributed by atoms with Crippen molar-refractivity contribution in [1.82, 2.24) is 4.90 Å². The summed E-state index contributed by atoms with van der Waals surface area (Å²) in [6.07, 6.45) is 6.64. The van der Waals surface area contributed by atoms with Crippen molar-refractivity contribution in [3.05, 3.63) is 23.7 Å². The molecule has 1 atom stereocenters. The molecule has 19 heavy (non-hydrogen) atoms. The Kier molecular flexibility index (Phi) is 3.13. The van der Waals surface area contributed by atoms with Crippen molar-refractivity contribution >= 4 is 5.97 Å². The zero-order chi connectivity index (χ0) is 13.5. The quantitative estimate of drug-likeness (QED) is 0.891. The number of hydrogen-bond acceptors (Lipinski definition) is 3. The second kappa shape index (κ2) is 4.67. The van der Waals surface area contributed by atoms with Gasteiger partial charge in [0.25, 0.3) is 0 Å². The molecule has 0 bridgehead atoms. The number of aryl methyl sites for hydroxylation is 1. The van der Waals surface area contributed by atoms with E-state index in [2.05, 4.69) is 11.0 Å². The molecule has 2 aliphatic rings. The van der Waals surface area contributed by atoms with Crippen molar-refractivity contribution in [1.29, 1.82) is 0 Å². The SMILES string of the molecule is CC1(C(=O)O)CCN(C2CCCc3occc32)CC1. The summed E-state index contributed by atoms with van der Waals surface area (Å²) in [7, 11) is 0. The summed E-state index contributed by atoms with van der Waals surface area (Å²) < 4.78 is 5.54. The van der Waals surface area contributed by atoms with Crippen LogP contribution in [0.15, 0.2) is 16.7 Å². The Bertz CT molecular complexity index is 471. The van der Waals surface area contributed by atoms with Crippen molar-refractivity contribution in [2.24, 2.45) is 5.41 Å². The van der Waals surface area contributed by atoms with Gasteiger partial charge in [0.05, 0.1) is 11.7 Å². The van der Waals surface area contributed by atoms with Crippen LogP contribution in [0.1, 0.15) is 50.0 Å². The number of carboxylic acids is 1. The van der Waals surface area contributed by atoms with Crippen LogP contribution in [0.2, 0.25) is 0 Å². The van der Waals surface area contributed by atoms with Crippen molar-refractivity contribution in [3.8, 4) is 0 Å². The molecule has 0 aromatic carbocycles. The van der Waals surface area contributed by atoms with Gasteiger partial charge in [0.15, 0.2) is 0 Å². The van der Waals surface area contributed by atoms with Gasteiger partial charge in [-0.2, -0.15) is 0 Å². The number of furan rings is 1. The molecule has 104 valence electrons. The van der Waals surface area contributed by atoms with Gasteiger partial charge in [-0.25, -0.2) is 0 Å². The Balaban J connectivity index is 1.72. The van der Waals surface area contributed by atoms with Crippen molar-refractivity contribution in [2.45, 2.75) is 45.1 Å². The number of carbonyl (C=O) groups is 1. The summed E-state index contributed by atoms with van der Waals surface area (Å²) in [6.45, 7) is 3.62. The summed E-state index contributed by atoms with van der Waals surface area (Å²) in [6, 6.07) is 2.52. The van der Waals surface area contributed by atoms with E-state index in [0.717, 1.165) is 51.0 Å². The highest BCUT2D eigenvalue weighted by molar-refractivity contribution is 5.74. The Hall–Kier alpha value is -1.29. The highest BCUT2D eigenvalue weighted by Crippen LogP contribution is 2.39. The van der Waals surface area contributed by atoms with E-state index in [9.17, 15) is 9.90 Å². The lowest BCUT2D eigenvalue weighted by molar-refractivity contribution is -0.151. The molecule has 1 fully saturated rings. The topological polar surface area (TPSA) is 53.7 Å². The fourth-order valence-electron chi connectivity index (χ4n) is 3.38. The summed E-state index contributed by atoms with van der Waals surface area (Å²) >= 11 is 0. The van der Waals surface area contributed by atoms with Crippen LogP contribution >= 0.6 is 0 Å². The number of likely N-dealkylation sites (tertiary alicyclic amines) is 1. The van der Waals surface area contributed by atoms with Gasteiger partial charge in [-0.05, 0) is 51.8 Å². The smallest absolute Gasteiger partial charge is 0.309 e. The Morgan fingerprint density at radius 3 is 2.89 bits per heavy atom. The van der Waals surface area contributed by atoms with Crippen LogP contribution < -0.4 is 0 Å². The van der Waals surface area contributed by atoms with Gasteiger partial charge in [-0.3, -0.25) is 9.69 Å². The lowest BCUT2D eigenvalue weighted by Crippen LogP contribution is -2.44. The molecule has 0 radical (unpaired) electrons. The Morgan fingerprint density at radius 2 is 2.21 bits per heavy atom. The predicted octanol–water partition coefficient (Wildman–Crippen LogP) is 2.84. The first kappa shape index (κ1) is 12.7. The van der Waals surface area contributed by atoms with E-state index >= 15 is 0 Å². The Labute approximate surface area is 113 Å². The van der Waals surface area contributed by atoms with Gasteiger partial charge in [-0.15, -0.1) is 0 Å². The highest BCUT2D eigenvalue weighted by Gasteiger charge is 2.39. The highest BCUT2D eigenvalue weighted by atomic mass is 16.4. The van der Waals surface area contributed by atoms with E-state index in [0.29, 0.717) is 6.04 Å². The van der Waals surface area contributed by atoms with Crippen LogP contribution in [-0.4, -0.2) is 29.1 Å². The molecule has 2 heterocycles. The van der Waals surface area contributed by atoms with E-state index < -0.39 is 11.4 Å². The fourth-order valence-corrected chi connectivity index (χ4v) is 3.38. The van der Waals surface area contributed by atoms with Crippen LogP contribution in [0.3, 0.4) is 0 Å². The first-order valence-corrected chi connectivity index (χ1v) is 7.14. The van der Waals surface area contributed by atoms with Gasteiger partial charge in [-0.1, -0.05) is 0 Å².